The number of nitrogens with one attached hydrogen (secondary N) is 1. The largest absolute Gasteiger partial charge is 0.316 e. The molecule has 0 saturated heterocycles. The molecule has 6 heteroatoms. The molecule has 1 heterocycles. The van der Waals surface area contributed by atoms with Crippen molar-refractivity contribution in [3.8, 4) is 6.07 Å². The monoisotopic (exact) mass is 420 g/mol. The third-order valence-electron chi connectivity index (χ3n) is 4.06. The summed E-state index contributed by atoms with van der Waals surface area (Å²) in [4.78, 5) is 14.6. The minimum atomic E-state index is -0.0638. The van der Waals surface area contributed by atoms with Crippen molar-refractivity contribution in [1.82, 2.24) is 0 Å². The Labute approximate surface area is 158 Å². The van der Waals surface area contributed by atoms with E-state index in [1.54, 1.807) is 11.3 Å². The number of hydrogen-bond acceptors (Lipinski definition) is 4. The number of nitriles is 1. The van der Waals surface area contributed by atoms with Crippen LogP contribution in [0.15, 0.2) is 33.6 Å². The fourth-order valence-corrected chi connectivity index (χ4v) is 5.14. The quantitative estimate of drug-likeness (QED) is 0.687. The van der Waals surface area contributed by atoms with E-state index in [-0.39, 0.29) is 5.91 Å². The molecule has 1 aliphatic carbocycles. The minimum Gasteiger partial charge on any atom is -0.316 e. The molecule has 1 unspecified atom stereocenters. The van der Waals surface area contributed by atoms with Gasteiger partial charge in [-0.2, -0.15) is 5.26 Å². The number of rotatable bonds is 4. The van der Waals surface area contributed by atoms with Gasteiger partial charge in [-0.3, -0.25) is 4.79 Å². The van der Waals surface area contributed by atoms with Crippen molar-refractivity contribution in [2.75, 3.05) is 11.1 Å². The molecule has 1 amide bonds. The van der Waals surface area contributed by atoms with Crippen LogP contribution < -0.4 is 5.32 Å². The van der Waals surface area contributed by atoms with E-state index in [0.29, 0.717) is 17.2 Å². The van der Waals surface area contributed by atoms with Crippen molar-refractivity contribution in [2.45, 2.75) is 31.1 Å². The van der Waals surface area contributed by atoms with Gasteiger partial charge in [-0.1, -0.05) is 22.9 Å². The van der Waals surface area contributed by atoms with Gasteiger partial charge in [0.2, 0.25) is 5.91 Å². The summed E-state index contributed by atoms with van der Waals surface area (Å²) < 4.78 is 1.02. The Morgan fingerprint density at radius 3 is 2.92 bits per heavy atom. The van der Waals surface area contributed by atoms with Crippen LogP contribution in [-0.4, -0.2) is 11.7 Å². The molecular weight excluding hydrogens is 404 g/mol. The normalized spacial score (nSPS) is 16.3. The van der Waals surface area contributed by atoms with Crippen LogP contribution in [0, 0.1) is 17.2 Å². The standard InChI is InChI=1S/C18H17BrN2OS2/c1-11-2-7-14-15(9-20)18(24-16(14)8-11)21-17(22)10-23-13-5-3-12(19)4-6-13/h3-6,11H,2,7-8,10H2,1H3,(H,21,22). The van der Waals surface area contributed by atoms with Crippen LogP contribution in [0.2, 0.25) is 0 Å². The molecule has 1 atom stereocenters. The highest BCUT2D eigenvalue weighted by atomic mass is 79.9. The van der Waals surface area contributed by atoms with Gasteiger partial charge in [0.25, 0.3) is 0 Å². The molecule has 3 nitrogen and oxygen atoms in total. The van der Waals surface area contributed by atoms with Gasteiger partial charge in [0, 0.05) is 14.2 Å². The number of carbonyl (C=O) groups excluding carboxylic acids is 1. The summed E-state index contributed by atoms with van der Waals surface area (Å²) in [6.45, 7) is 2.24. The Balaban J connectivity index is 1.66. The summed E-state index contributed by atoms with van der Waals surface area (Å²) >= 11 is 6.47. The molecule has 1 aromatic carbocycles. The SMILES string of the molecule is CC1CCc2c(sc(NC(=O)CSc3ccc(Br)cc3)c2C#N)C1. The first-order valence-corrected chi connectivity index (χ1v) is 10.4. The lowest BCUT2D eigenvalue weighted by Crippen LogP contribution is -2.14. The second kappa shape index (κ2) is 7.73. The highest BCUT2D eigenvalue weighted by Gasteiger charge is 2.24. The third kappa shape index (κ3) is 4.02. The second-order valence-electron chi connectivity index (χ2n) is 5.96. The topological polar surface area (TPSA) is 52.9 Å². The van der Waals surface area contributed by atoms with Crippen molar-refractivity contribution >= 4 is 49.9 Å². The lowest BCUT2D eigenvalue weighted by molar-refractivity contribution is -0.113. The molecule has 0 fully saturated rings. The molecular formula is C18H17BrN2OS2. The van der Waals surface area contributed by atoms with Crippen LogP contribution in [0.3, 0.4) is 0 Å². The van der Waals surface area contributed by atoms with Crippen molar-refractivity contribution in [3.63, 3.8) is 0 Å². The number of thioether (sulfide) groups is 1. The zero-order chi connectivity index (χ0) is 17.1. The van der Waals surface area contributed by atoms with Gasteiger partial charge in [0.1, 0.15) is 11.1 Å². The smallest absolute Gasteiger partial charge is 0.235 e. The maximum absolute atomic E-state index is 12.3. The van der Waals surface area contributed by atoms with Crippen LogP contribution in [0.5, 0.6) is 0 Å². The molecule has 0 saturated carbocycles. The van der Waals surface area contributed by atoms with Gasteiger partial charge in [0.15, 0.2) is 0 Å². The number of amides is 1. The molecule has 0 aliphatic heterocycles. The second-order valence-corrected chi connectivity index (χ2v) is 9.03. The lowest BCUT2D eigenvalue weighted by atomic mass is 9.89. The van der Waals surface area contributed by atoms with E-state index in [0.717, 1.165) is 39.2 Å². The number of fused-ring (bicyclic) bond motifs is 1. The average molecular weight is 421 g/mol. The summed E-state index contributed by atoms with van der Waals surface area (Å²) in [7, 11) is 0. The van der Waals surface area contributed by atoms with E-state index in [2.05, 4.69) is 34.2 Å². The first-order chi connectivity index (χ1) is 11.6. The zero-order valence-electron chi connectivity index (χ0n) is 13.3. The number of halogens is 1. The van der Waals surface area contributed by atoms with Crippen LogP contribution in [-0.2, 0) is 17.6 Å². The summed E-state index contributed by atoms with van der Waals surface area (Å²) in [5.74, 6) is 0.927. The molecule has 124 valence electrons. The molecule has 0 bridgehead atoms. The molecule has 0 spiro atoms. The van der Waals surface area contributed by atoms with Gasteiger partial charge in [-0.25, -0.2) is 0 Å². The molecule has 2 aromatic rings. The molecule has 1 aliphatic rings. The molecule has 1 aromatic heterocycles. The van der Waals surface area contributed by atoms with E-state index >= 15 is 0 Å². The first-order valence-electron chi connectivity index (χ1n) is 7.79. The highest BCUT2D eigenvalue weighted by molar-refractivity contribution is 9.10. The Bertz CT molecular complexity index is 793. The number of benzene rings is 1. The van der Waals surface area contributed by atoms with Crippen LogP contribution in [0.1, 0.15) is 29.3 Å². The van der Waals surface area contributed by atoms with Crippen molar-refractivity contribution in [2.24, 2.45) is 5.92 Å². The number of nitrogens with zero attached hydrogens (tertiary/aromatic N) is 1. The minimum absolute atomic E-state index is 0.0638. The average Bonchev–Trinajstić information content (AvgIpc) is 2.90. The fourth-order valence-electron chi connectivity index (χ4n) is 2.80. The van der Waals surface area contributed by atoms with Crippen LogP contribution in [0.4, 0.5) is 5.00 Å². The Hall–Kier alpha value is -1.29. The number of carbonyl (C=O) groups is 1. The zero-order valence-corrected chi connectivity index (χ0v) is 16.5. The van der Waals surface area contributed by atoms with E-state index in [4.69, 9.17) is 0 Å². The van der Waals surface area contributed by atoms with Crippen LogP contribution in [0.25, 0.3) is 0 Å². The summed E-state index contributed by atoms with van der Waals surface area (Å²) in [5.41, 5.74) is 1.82. The summed E-state index contributed by atoms with van der Waals surface area (Å²) in [6.07, 6.45) is 3.07. The van der Waals surface area contributed by atoms with Crippen molar-refractivity contribution in [1.29, 1.82) is 5.26 Å². The summed E-state index contributed by atoms with van der Waals surface area (Å²) in [5, 5.41) is 13.1. The van der Waals surface area contributed by atoms with Gasteiger partial charge >= 0.3 is 0 Å². The Morgan fingerprint density at radius 2 is 2.21 bits per heavy atom. The highest BCUT2D eigenvalue weighted by Crippen LogP contribution is 2.39. The third-order valence-corrected chi connectivity index (χ3v) is 6.77. The molecule has 0 radical (unpaired) electrons. The van der Waals surface area contributed by atoms with Gasteiger partial charge in [-0.05, 0) is 55.0 Å². The fraction of sp³-hybridized carbons (Fsp3) is 0.333. The number of hydrogen-bond donors (Lipinski definition) is 1. The predicted molar refractivity (Wildman–Crippen MR) is 104 cm³/mol. The maximum Gasteiger partial charge on any atom is 0.235 e. The van der Waals surface area contributed by atoms with E-state index in [1.165, 1.54) is 16.6 Å². The van der Waals surface area contributed by atoms with Crippen molar-refractivity contribution in [3.05, 3.63) is 44.7 Å². The van der Waals surface area contributed by atoms with Gasteiger partial charge in [-0.15, -0.1) is 23.1 Å². The molecule has 24 heavy (non-hydrogen) atoms. The van der Waals surface area contributed by atoms with E-state index < -0.39 is 0 Å². The van der Waals surface area contributed by atoms with Crippen molar-refractivity contribution < 1.29 is 4.79 Å². The lowest BCUT2D eigenvalue weighted by Gasteiger charge is -2.17. The van der Waals surface area contributed by atoms with E-state index in [9.17, 15) is 10.1 Å². The van der Waals surface area contributed by atoms with Gasteiger partial charge in [0.05, 0.1) is 11.3 Å². The Kier molecular flexibility index (Phi) is 5.65. The van der Waals surface area contributed by atoms with Crippen LogP contribution >= 0.6 is 39.0 Å². The van der Waals surface area contributed by atoms with Gasteiger partial charge < -0.3 is 5.32 Å². The predicted octanol–water partition coefficient (Wildman–Crippen LogP) is 5.24. The van der Waals surface area contributed by atoms with E-state index in [1.807, 2.05) is 24.3 Å². The molecule has 3 rings (SSSR count). The Morgan fingerprint density at radius 1 is 1.46 bits per heavy atom. The molecule has 1 N–H and O–H groups in total. The first kappa shape index (κ1) is 17.5. The summed E-state index contributed by atoms with van der Waals surface area (Å²) in [6, 6.07) is 10.2. The number of anilines is 1. The maximum atomic E-state index is 12.3. The number of thiophene rings is 1.